The highest BCUT2D eigenvalue weighted by Crippen LogP contribution is 2.31. The molecule has 0 aliphatic carbocycles. The van der Waals surface area contributed by atoms with Gasteiger partial charge in [0, 0.05) is 0 Å². The summed E-state index contributed by atoms with van der Waals surface area (Å²) in [4.78, 5) is 0. The van der Waals surface area contributed by atoms with E-state index in [1.165, 1.54) is 5.56 Å². The average Bonchev–Trinajstić information content (AvgIpc) is 3.15. The molecule has 0 saturated carbocycles. The van der Waals surface area contributed by atoms with Crippen LogP contribution in [0.4, 0.5) is 0 Å². The fourth-order valence-electron chi connectivity index (χ4n) is 1.62. The zero-order valence-corrected chi connectivity index (χ0v) is 8.80. The Balaban J connectivity index is 1.75. The maximum absolute atomic E-state index is 5.69. The minimum atomic E-state index is 0.311. The molecule has 1 fully saturated rings. The Morgan fingerprint density at radius 2 is 1.50 bits per heavy atom. The van der Waals surface area contributed by atoms with E-state index in [0.717, 1.165) is 18.1 Å². The number of hydrogen-bond donors (Lipinski definition) is 0. The molecule has 2 nitrogen and oxygen atoms in total. The lowest BCUT2D eigenvalue weighted by atomic mass is 10.1. The molecule has 0 spiro atoms. The van der Waals surface area contributed by atoms with E-state index in [1.54, 1.807) is 0 Å². The van der Waals surface area contributed by atoms with Crippen LogP contribution in [0.15, 0.2) is 54.6 Å². The van der Waals surface area contributed by atoms with Gasteiger partial charge >= 0.3 is 0 Å². The molecule has 80 valence electrons. The molecule has 0 radical (unpaired) electrons. The van der Waals surface area contributed by atoms with Crippen molar-refractivity contribution >= 4 is 0 Å². The molecule has 1 unspecified atom stereocenters. The topological polar surface area (TPSA) is 21.8 Å². The summed E-state index contributed by atoms with van der Waals surface area (Å²) >= 11 is 0. The van der Waals surface area contributed by atoms with Crippen LogP contribution in [-0.2, 0) is 4.74 Å². The van der Waals surface area contributed by atoms with E-state index < -0.39 is 0 Å². The lowest BCUT2D eigenvalue weighted by molar-refractivity contribution is 0.415. The zero-order valence-electron chi connectivity index (χ0n) is 8.80. The molecule has 0 amide bonds. The van der Waals surface area contributed by atoms with Crippen molar-refractivity contribution in [3.63, 3.8) is 0 Å². The van der Waals surface area contributed by atoms with Gasteiger partial charge in [-0.3, -0.25) is 0 Å². The molecule has 1 aliphatic heterocycles. The van der Waals surface area contributed by atoms with Crippen LogP contribution in [-0.4, -0.2) is 6.61 Å². The molecule has 1 saturated heterocycles. The Morgan fingerprint density at radius 3 is 2.12 bits per heavy atom. The van der Waals surface area contributed by atoms with E-state index in [-0.39, 0.29) is 0 Å². The number of benzene rings is 2. The zero-order chi connectivity index (χ0) is 10.8. The number of ether oxygens (including phenoxy) is 2. The molecule has 2 aromatic carbocycles. The Morgan fingerprint density at radius 1 is 0.875 bits per heavy atom. The van der Waals surface area contributed by atoms with Crippen LogP contribution in [0, 0.1) is 0 Å². The predicted octanol–water partition coefficient (Wildman–Crippen LogP) is 3.55. The van der Waals surface area contributed by atoms with Gasteiger partial charge in [-0.05, 0) is 29.8 Å². The van der Waals surface area contributed by atoms with Gasteiger partial charge in [0.05, 0.1) is 6.61 Å². The number of rotatable bonds is 3. The number of hydrogen-bond acceptors (Lipinski definition) is 2. The van der Waals surface area contributed by atoms with Crippen LogP contribution in [0.1, 0.15) is 11.7 Å². The highest BCUT2D eigenvalue weighted by atomic mass is 16.6. The molecular formula is C14H12O2. The van der Waals surface area contributed by atoms with E-state index in [9.17, 15) is 0 Å². The summed E-state index contributed by atoms with van der Waals surface area (Å²) in [6, 6.07) is 17.8. The first kappa shape index (κ1) is 9.43. The summed E-state index contributed by atoms with van der Waals surface area (Å²) in [6.07, 6.45) is 0.311. The SMILES string of the molecule is c1ccc(Oc2ccc(C3CO3)cc2)cc1. The standard InChI is InChI=1S/C14H12O2/c1-2-4-12(5-3-1)16-13-8-6-11(7-9-13)14-10-15-14/h1-9,14H,10H2. The monoisotopic (exact) mass is 212 g/mol. The maximum atomic E-state index is 5.69. The Labute approximate surface area is 94.4 Å². The summed E-state index contributed by atoms with van der Waals surface area (Å²) in [5, 5.41) is 0. The predicted molar refractivity (Wildman–Crippen MR) is 61.7 cm³/mol. The highest BCUT2D eigenvalue weighted by molar-refractivity contribution is 5.34. The fraction of sp³-hybridized carbons (Fsp3) is 0.143. The first-order valence-corrected chi connectivity index (χ1v) is 5.36. The second kappa shape index (κ2) is 3.99. The van der Waals surface area contributed by atoms with Crippen molar-refractivity contribution in [2.45, 2.75) is 6.10 Å². The summed E-state index contributed by atoms with van der Waals surface area (Å²) in [5.74, 6) is 1.72. The van der Waals surface area contributed by atoms with Crippen molar-refractivity contribution in [2.24, 2.45) is 0 Å². The third-order valence-electron chi connectivity index (χ3n) is 2.56. The van der Waals surface area contributed by atoms with Gasteiger partial charge in [-0.25, -0.2) is 0 Å². The van der Waals surface area contributed by atoms with E-state index in [1.807, 2.05) is 42.5 Å². The summed E-state index contributed by atoms with van der Waals surface area (Å²) < 4.78 is 10.9. The second-order valence-electron chi connectivity index (χ2n) is 3.81. The maximum Gasteiger partial charge on any atom is 0.127 e. The van der Waals surface area contributed by atoms with Crippen molar-refractivity contribution in [2.75, 3.05) is 6.61 Å². The molecule has 2 aromatic rings. The molecule has 0 aromatic heterocycles. The van der Waals surface area contributed by atoms with Gasteiger partial charge < -0.3 is 9.47 Å². The van der Waals surface area contributed by atoms with Crippen molar-refractivity contribution in [3.05, 3.63) is 60.2 Å². The van der Waals surface area contributed by atoms with Crippen LogP contribution in [0.2, 0.25) is 0 Å². The molecule has 0 bridgehead atoms. The van der Waals surface area contributed by atoms with E-state index in [4.69, 9.17) is 9.47 Å². The van der Waals surface area contributed by atoms with E-state index in [0.29, 0.717) is 6.10 Å². The third-order valence-corrected chi connectivity index (χ3v) is 2.56. The van der Waals surface area contributed by atoms with Gasteiger partial charge in [0.15, 0.2) is 0 Å². The third kappa shape index (κ3) is 2.07. The molecule has 2 heteroatoms. The van der Waals surface area contributed by atoms with Gasteiger partial charge in [-0.2, -0.15) is 0 Å². The molecule has 3 rings (SSSR count). The largest absolute Gasteiger partial charge is 0.457 e. The molecule has 1 aliphatic rings. The first-order valence-electron chi connectivity index (χ1n) is 5.36. The summed E-state index contributed by atoms with van der Waals surface area (Å²) in [5.41, 5.74) is 1.22. The smallest absolute Gasteiger partial charge is 0.127 e. The normalized spacial score (nSPS) is 18.1. The molecule has 1 heterocycles. The minimum Gasteiger partial charge on any atom is -0.457 e. The van der Waals surface area contributed by atoms with Gasteiger partial charge in [0.25, 0.3) is 0 Å². The van der Waals surface area contributed by atoms with Crippen LogP contribution in [0.25, 0.3) is 0 Å². The van der Waals surface area contributed by atoms with Crippen molar-refractivity contribution < 1.29 is 9.47 Å². The summed E-state index contributed by atoms with van der Waals surface area (Å²) in [6.45, 7) is 0.846. The van der Waals surface area contributed by atoms with E-state index in [2.05, 4.69) is 12.1 Å². The second-order valence-corrected chi connectivity index (χ2v) is 3.81. The van der Waals surface area contributed by atoms with Crippen LogP contribution in [0.5, 0.6) is 11.5 Å². The Kier molecular flexibility index (Phi) is 2.35. The van der Waals surface area contributed by atoms with Gasteiger partial charge in [0.2, 0.25) is 0 Å². The fourth-order valence-corrected chi connectivity index (χ4v) is 1.62. The molecule has 16 heavy (non-hydrogen) atoms. The van der Waals surface area contributed by atoms with Gasteiger partial charge in [-0.1, -0.05) is 30.3 Å². The van der Waals surface area contributed by atoms with Crippen LogP contribution >= 0.6 is 0 Å². The van der Waals surface area contributed by atoms with E-state index >= 15 is 0 Å². The van der Waals surface area contributed by atoms with Gasteiger partial charge in [0.1, 0.15) is 17.6 Å². The van der Waals surface area contributed by atoms with Crippen LogP contribution < -0.4 is 4.74 Å². The molecule has 1 atom stereocenters. The Bertz CT molecular complexity index is 458. The Hall–Kier alpha value is -1.80. The molecule has 0 N–H and O–H groups in total. The highest BCUT2D eigenvalue weighted by Gasteiger charge is 2.24. The minimum absolute atomic E-state index is 0.311. The number of epoxide rings is 1. The number of para-hydroxylation sites is 1. The van der Waals surface area contributed by atoms with Gasteiger partial charge in [-0.15, -0.1) is 0 Å². The van der Waals surface area contributed by atoms with Crippen molar-refractivity contribution in [1.29, 1.82) is 0 Å². The lowest BCUT2D eigenvalue weighted by Crippen LogP contribution is -1.85. The van der Waals surface area contributed by atoms with Crippen LogP contribution in [0.3, 0.4) is 0 Å². The lowest BCUT2D eigenvalue weighted by Gasteiger charge is -2.05. The average molecular weight is 212 g/mol. The quantitative estimate of drug-likeness (QED) is 0.726. The first-order chi connectivity index (χ1) is 7.92. The van der Waals surface area contributed by atoms with Crippen molar-refractivity contribution in [3.8, 4) is 11.5 Å². The summed E-state index contributed by atoms with van der Waals surface area (Å²) in [7, 11) is 0. The van der Waals surface area contributed by atoms with Crippen molar-refractivity contribution in [1.82, 2.24) is 0 Å². The molecular weight excluding hydrogens is 200 g/mol.